The molecule has 0 aliphatic rings. The fourth-order valence-electron chi connectivity index (χ4n) is 9.53. The van der Waals surface area contributed by atoms with Gasteiger partial charge in [-0.1, -0.05) is 172 Å². The second-order valence-corrected chi connectivity index (χ2v) is 20.1. The lowest BCUT2D eigenvalue weighted by molar-refractivity contribution is -0.571. The van der Waals surface area contributed by atoms with Gasteiger partial charge in [-0.25, -0.2) is 4.98 Å². The van der Waals surface area contributed by atoms with E-state index in [0.29, 0.717) is 50.8 Å². The molecule has 0 bridgehead atoms. The van der Waals surface area contributed by atoms with Crippen molar-refractivity contribution >= 4 is 32.8 Å². The molecule has 0 saturated heterocycles. The molecule has 0 atom stereocenters. The molecule has 10 rings (SSSR count). The molecule has 0 saturated carbocycles. The van der Waals surface area contributed by atoms with Gasteiger partial charge in [0, 0.05) is 34.0 Å². The highest BCUT2D eigenvalue weighted by Gasteiger charge is 2.22. The second kappa shape index (κ2) is 19.3. The maximum atomic E-state index is 9.31. The molecule has 5 nitrogen and oxygen atoms in total. The van der Waals surface area contributed by atoms with E-state index in [4.69, 9.17) is 15.2 Å². The monoisotopic (exact) mass is 927 g/mol. The molecule has 0 amide bonds. The van der Waals surface area contributed by atoms with Crippen LogP contribution in [0, 0.1) is 29.5 Å². The molecule has 7 aromatic carbocycles. The number of rotatable bonds is 14. The minimum Gasteiger partial charge on any atom is -0.458 e. The van der Waals surface area contributed by atoms with Crippen LogP contribution in [0.2, 0.25) is 0 Å². The van der Waals surface area contributed by atoms with Gasteiger partial charge in [0.15, 0.2) is 0 Å². The van der Waals surface area contributed by atoms with Crippen molar-refractivity contribution in [3.05, 3.63) is 199 Å². The molecule has 5 heteroatoms. The molecule has 70 heavy (non-hydrogen) atoms. The van der Waals surface area contributed by atoms with E-state index in [-0.39, 0.29) is 5.92 Å². The van der Waals surface area contributed by atoms with Gasteiger partial charge in [-0.2, -0.15) is 0 Å². The predicted octanol–water partition coefficient (Wildman–Crippen LogP) is 16.5. The lowest BCUT2D eigenvalue weighted by atomic mass is 9.88. The van der Waals surface area contributed by atoms with Crippen molar-refractivity contribution in [3.8, 4) is 50.9 Å². The van der Waals surface area contributed by atoms with Crippen molar-refractivity contribution in [1.82, 2.24) is 14.1 Å². The van der Waals surface area contributed by atoms with E-state index in [2.05, 4.69) is 23.0 Å². The van der Waals surface area contributed by atoms with Gasteiger partial charge >= 0.3 is 0 Å². The van der Waals surface area contributed by atoms with Crippen molar-refractivity contribution in [2.45, 2.75) is 87.8 Å². The van der Waals surface area contributed by atoms with Crippen molar-refractivity contribution in [3.63, 3.8) is 0 Å². The number of para-hydroxylation sites is 4. The summed E-state index contributed by atoms with van der Waals surface area (Å²) < 4.78 is 86.4. The molecular weight excluding hydrogens is 853 g/mol. The van der Waals surface area contributed by atoms with Crippen molar-refractivity contribution in [2.75, 3.05) is 0 Å². The van der Waals surface area contributed by atoms with E-state index in [9.17, 15) is 5.48 Å². The molecular formula is C65H66N4O. The van der Waals surface area contributed by atoms with Crippen LogP contribution in [-0.4, -0.2) is 14.1 Å². The third-order valence-corrected chi connectivity index (χ3v) is 12.1. The minimum absolute atomic E-state index is 0.296. The first-order valence-corrected chi connectivity index (χ1v) is 24.4. The number of fused-ring (bicyclic) bond motifs is 4. The number of ether oxygens (including phenoxy) is 1. The normalized spacial score (nSPS) is 14.6. The average molecular weight is 927 g/mol. The van der Waals surface area contributed by atoms with Gasteiger partial charge in [0.1, 0.15) is 17.3 Å². The van der Waals surface area contributed by atoms with E-state index in [1.54, 1.807) is 18.3 Å². The summed E-state index contributed by atoms with van der Waals surface area (Å²) in [6.07, 6.45) is -1.41. The Balaban J connectivity index is 1.14. The third-order valence-electron chi connectivity index (χ3n) is 12.1. The molecule has 3 heterocycles. The fraction of sp³-hybridized carbons (Fsp3) is 0.262. The maximum Gasteiger partial charge on any atom is 0.269 e. The van der Waals surface area contributed by atoms with Crippen LogP contribution in [0.3, 0.4) is 0 Å². The van der Waals surface area contributed by atoms with Crippen LogP contribution < -0.4 is 9.30 Å². The van der Waals surface area contributed by atoms with E-state index in [1.807, 2.05) is 211 Å². The summed E-state index contributed by atoms with van der Waals surface area (Å²) in [6.45, 7) is 16.8. The first kappa shape index (κ1) is 37.6. The first-order valence-electron chi connectivity index (χ1n) is 28.4. The number of aromatic nitrogens is 4. The summed E-state index contributed by atoms with van der Waals surface area (Å²) >= 11 is 0. The predicted molar refractivity (Wildman–Crippen MR) is 292 cm³/mol. The Labute approximate surface area is 426 Å². The summed E-state index contributed by atoms with van der Waals surface area (Å²) in [6, 6.07) is 52.6. The number of imidazole rings is 1. The molecule has 0 radical (unpaired) electrons. The van der Waals surface area contributed by atoms with Crippen LogP contribution in [0.4, 0.5) is 0 Å². The van der Waals surface area contributed by atoms with Crippen molar-refractivity contribution in [2.24, 2.45) is 23.2 Å². The SMILES string of the molecule is [2H]C([2H])(c1cccc(-c2cccc(-c3cc(C([2H])([2H])C(C)C)cc(C([2H])([2H])C(C)C)c3)c2-[n+]2[c-]n(-c3cccc(Oc4ccc5c6ccccc6n(-c6cc(C([2H])([2H])C(C)(C)C)ccn6)c5c4)c3)c3ccccc32)c1)C(C)C. The molecule has 10 aromatic rings. The van der Waals surface area contributed by atoms with Crippen LogP contribution in [0.15, 0.2) is 170 Å². The summed E-state index contributed by atoms with van der Waals surface area (Å²) in [5, 5.41) is 2.03. The molecule has 0 N–H and O–H groups in total. The van der Waals surface area contributed by atoms with Crippen molar-refractivity contribution in [1.29, 1.82) is 0 Å². The largest absolute Gasteiger partial charge is 0.458 e. The highest BCUT2D eigenvalue weighted by molar-refractivity contribution is 6.09. The quantitative estimate of drug-likeness (QED) is 0.0805. The first-order chi connectivity index (χ1) is 36.8. The molecule has 0 fully saturated rings. The lowest BCUT2D eigenvalue weighted by Crippen LogP contribution is -2.31. The third kappa shape index (κ3) is 9.81. The van der Waals surface area contributed by atoms with E-state index in [0.717, 1.165) is 55.2 Å². The molecule has 0 spiro atoms. The number of nitrogens with zero attached hydrogens (tertiary/aromatic N) is 4. The summed E-state index contributed by atoms with van der Waals surface area (Å²) in [5.74, 6) is 0.665. The van der Waals surface area contributed by atoms with Gasteiger partial charge in [-0.3, -0.25) is 13.7 Å². The van der Waals surface area contributed by atoms with Crippen LogP contribution in [0.25, 0.3) is 72.3 Å². The molecule has 0 aliphatic heterocycles. The van der Waals surface area contributed by atoms with Gasteiger partial charge in [0.05, 0.1) is 33.4 Å². The molecule has 3 aromatic heterocycles. The van der Waals surface area contributed by atoms with Gasteiger partial charge in [-0.05, 0) is 142 Å². The zero-order valence-corrected chi connectivity index (χ0v) is 41.6. The Hall–Kier alpha value is -7.24. The summed E-state index contributed by atoms with van der Waals surface area (Å²) in [5.41, 5.74) is 9.03. The topological polar surface area (TPSA) is 35.9 Å². The zero-order chi connectivity index (χ0) is 55.9. The number of benzene rings is 7. The Morgan fingerprint density at radius 1 is 0.557 bits per heavy atom. The molecule has 0 aliphatic carbocycles. The van der Waals surface area contributed by atoms with Crippen LogP contribution in [-0.2, 0) is 25.5 Å². The Morgan fingerprint density at radius 3 is 1.93 bits per heavy atom. The zero-order valence-electron chi connectivity index (χ0n) is 49.6. The average Bonchev–Trinajstić information content (AvgIpc) is 3.98. The highest BCUT2D eigenvalue weighted by atomic mass is 16.5. The minimum atomic E-state index is -1.78. The van der Waals surface area contributed by atoms with Gasteiger partial charge in [0.25, 0.3) is 6.33 Å². The fourth-order valence-corrected chi connectivity index (χ4v) is 9.53. The highest BCUT2D eigenvalue weighted by Crippen LogP contribution is 2.38. The number of hydrogen-bond acceptors (Lipinski definition) is 2. The van der Waals surface area contributed by atoms with E-state index < -0.39 is 42.7 Å². The van der Waals surface area contributed by atoms with E-state index >= 15 is 0 Å². The Morgan fingerprint density at radius 2 is 1.19 bits per heavy atom. The summed E-state index contributed by atoms with van der Waals surface area (Å²) in [7, 11) is 0. The number of pyridine rings is 1. The Bertz CT molecular complexity index is 3860. The molecule has 0 unspecified atom stereocenters. The lowest BCUT2D eigenvalue weighted by Gasteiger charge is -2.20. The van der Waals surface area contributed by atoms with Gasteiger partial charge in [-0.15, -0.1) is 0 Å². The second-order valence-electron chi connectivity index (χ2n) is 20.1. The van der Waals surface area contributed by atoms with E-state index in [1.165, 1.54) is 0 Å². The number of hydrogen-bond donors (Lipinski definition) is 0. The van der Waals surface area contributed by atoms with Gasteiger partial charge < -0.3 is 4.74 Å². The standard InChI is InChI=1S/C65H66N4O/c1-43(2)31-46-17-14-18-50(35-46)55-22-16-23-56(51-36-48(32-44(3)4)34-49(37-51)33-45(5)6)64(55)68-42-67(60-25-12-13-26-61(60)68)52-19-15-20-53(39-52)70-54-27-28-58-57-21-10-11-24-59(57)69(62(58)40-54)63-38-47(29-30-66-63)41-65(7,8)9/h10-30,34-40,43-45H,31-33,41H2,1-9H3/i31D2,32D2,33D2,41D2. The van der Waals surface area contributed by atoms with Crippen LogP contribution in [0.5, 0.6) is 11.5 Å². The van der Waals surface area contributed by atoms with Crippen molar-refractivity contribution < 1.29 is 20.3 Å². The van der Waals surface area contributed by atoms with Gasteiger partial charge in [0.2, 0.25) is 0 Å². The van der Waals surface area contributed by atoms with Crippen LogP contribution in [0.1, 0.15) is 95.5 Å². The smallest absolute Gasteiger partial charge is 0.269 e. The molecule has 352 valence electrons. The van der Waals surface area contributed by atoms with Crippen LogP contribution >= 0.6 is 0 Å². The summed E-state index contributed by atoms with van der Waals surface area (Å²) in [4.78, 5) is 4.79. The Kier molecular flexibility index (Phi) is 10.4. The maximum absolute atomic E-state index is 9.31.